The van der Waals surface area contributed by atoms with Gasteiger partial charge in [-0.3, -0.25) is 4.79 Å². The Balaban J connectivity index is 3.37. The summed E-state index contributed by atoms with van der Waals surface area (Å²) in [5.74, 6) is -0.0678. The van der Waals surface area contributed by atoms with E-state index in [-0.39, 0.29) is 24.3 Å². The molecule has 2 N–H and O–H groups in total. The van der Waals surface area contributed by atoms with Crippen LogP contribution in [0.5, 0.6) is 0 Å². The lowest BCUT2D eigenvalue weighted by Gasteiger charge is -2.17. The van der Waals surface area contributed by atoms with Crippen LogP contribution in [-0.4, -0.2) is 24.2 Å². The minimum Gasteiger partial charge on any atom is -0.396 e. The standard InChI is InChI=1S/C9H19NO2/c1-9(2,3)5-6-10-8(12)4-7-11/h11H,4-7H2,1-3H3,(H,10,12). The Kier molecular flexibility index (Phi) is 4.90. The molecule has 0 radical (unpaired) electrons. The molecule has 0 saturated heterocycles. The van der Waals surface area contributed by atoms with Crippen LogP contribution in [0, 0.1) is 5.41 Å². The Morgan fingerprint density at radius 1 is 1.42 bits per heavy atom. The highest BCUT2D eigenvalue weighted by Gasteiger charge is 2.09. The zero-order valence-corrected chi connectivity index (χ0v) is 8.18. The first-order chi connectivity index (χ1) is 5.45. The van der Waals surface area contributed by atoms with Crippen LogP contribution in [0.25, 0.3) is 0 Å². The summed E-state index contributed by atoms with van der Waals surface area (Å²) in [5.41, 5.74) is 0.256. The van der Waals surface area contributed by atoms with Crippen molar-refractivity contribution in [3.8, 4) is 0 Å². The maximum atomic E-state index is 10.9. The van der Waals surface area contributed by atoms with Crippen molar-refractivity contribution in [2.75, 3.05) is 13.2 Å². The first-order valence-electron chi connectivity index (χ1n) is 4.33. The Hall–Kier alpha value is -0.570. The third kappa shape index (κ3) is 7.54. The SMILES string of the molecule is CC(C)(C)CCNC(=O)CCO. The molecule has 72 valence electrons. The molecule has 12 heavy (non-hydrogen) atoms. The summed E-state index contributed by atoms with van der Waals surface area (Å²) in [6, 6.07) is 0. The zero-order chi connectivity index (χ0) is 9.61. The van der Waals surface area contributed by atoms with Gasteiger partial charge in [0, 0.05) is 13.0 Å². The molecule has 0 spiro atoms. The first-order valence-corrected chi connectivity index (χ1v) is 4.33. The van der Waals surface area contributed by atoms with Crippen LogP contribution in [-0.2, 0) is 4.79 Å². The fourth-order valence-electron chi connectivity index (χ4n) is 0.767. The number of nitrogens with one attached hydrogen (secondary N) is 1. The summed E-state index contributed by atoms with van der Waals surface area (Å²) in [5, 5.41) is 11.2. The monoisotopic (exact) mass is 173 g/mol. The Labute approximate surface area is 74.2 Å². The molecular formula is C9H19NO2. The van der Waals surface area contributed by atoms with E-state index in [1.54, 1.807) is 0 Å². The molecule has 0 fully saturated rings. The van der Waals surface area contributed by atoms with Crippen molar-refractivity contribution in [2.24, 2.45) is 5.41 Å². The summed E-state index contributed by atoms with van der Waals surface area (Å²) in [4.78, 5) is 10.9. The van der Waals surface area contributed by atoms with Gasteiger partial charge in [0.15, 0.2) is 0 Å². The number of aliphatic hydroxyl groups excluding tert-OH is 1. The highest BCUT2D eigenvalue weighted by molar-refractivity contribution is 5.75. The van der Waals surface area contributed by atoms with E-state index in [1.807, 2.05) is 0 Å². The van der Waals surface area contributed by atoms with Gasteiger partial charge in [-0.25, -0.2) is 0 Å². The number of hydrogen-bond acceptors (Lipinski definition) is 2. The molecule has 0 rings (SSSR count). The van der Waals surface area contributed by atoms with Crippen molar-refractivity contribution in [3.63, 3.8) is 0 Å². The highest BCUT2D eigenvalue weighted by Crippen LogP contribution is 2.16. The van der Waals surface area contributed by atoms with Gasteiger partial charge in [0.05, 0.1) is 6.61 Å². The lowest BCUT2D eigenvalue weighted by atomic mass is 9.92. The molecule has 0 aliphatic heterocycles. The van der Waals surface area contributed by atoms with Gasteiger partial charge in [0.25, 0.3) is 0 Å². The van der Waals surface area contributed by atoms with Crippen molar-refractivity contribution in [1.29, 1.82) is 0 Å². The zero-order valence-electron chi connectivity index (χ0n) is 8.18. The quantitative estimate of drug-likeness (QED) is 0.664. The first kappa shape index (κ1) is 11.4. The van der Waals surface area contributed by atoms with Crippen molar-refractivity contribution >= 4 is 5.91 Å². The number of rotatable bonds is 4. The number of amides is 1. The number of hydrogen-bond donors (Lipinski definition) is 2. The van der Waals surface area contributed by atoms with Crippen LogP contribution in [0.15, 0.2) is 0 Å². The van der Waals surface area contributed by atoms with Crippen LogP contribution < -0.4 is 5.32 Å². The smallest absolute Gasteiger partial charge is 0.222 e. The molecule has 1 amide bonds. The second kappa shape index (κ2) is 5.14. The van der Waals surface area contributed by atoms with Crippen molar-refractivity contribution in [2.45, 2.75) is 33.6 Å². The second-order valence-corrected chi connectivity index (χ2v) is 4.13. The van der Waals surface area contributed by atoms with E-state index in [2.05, 4.69) is 26.1 Å². The summed E-state index contributed by atoms with van der Waals surface area (Å²) in [6.07, 6.45) is 1.17. The van der Waals surface area contributed by atoms with E-state index >= 15 is 0 Å². The lowest BCUT2D eigenvalue weighted by Crippen LogP contribution is -2.27. The predicted molar refractivity (Wildman–Crippen MR) is 48.8 cm³/mol. The molecular weight excluding hydrogens is 154 g/mol. The topological polar surface area (TPSA) is 49.3 Å². The maximum absolute atomic E-state index is 10.9. The van der Waals surface area contributed by atoms with Crippen LogP contribution in [0.1, 0.15) is 33.6 Å². The molecule has 0 aromatic heterocycles. The summed E-state index contributed by atoms with van der Waals surface area (Å²) < 4.78 is 0. The largest absolute Gasteiger partial charge is 0.396 e. The molecule has 0 saturated carbocycles. The normalized spacial score (nSPS) is 11.3. The Bertz CT molecular complexity index is 138. The average molecular weight is 173 g/mol. The second-order valence-electron chi connectivity index (χ2n) is 4.13. The maximum Gasteiger partial charge on any atom is 0.222 e. The van der Waals surface area contributed by atoms with E-state index in [0.29, 0.717) is 6.54 Å². The molecule has 0 aliphatic rings. The molecule has 0 unspecified atom stereocenters. The van der Waals surface area contributed by atoms with Crippen LogP contribution in [0.2, 0.25) is 0 Å². The van der Waals surface area contributed by atoms with Gasteiger partial charge in [-0.1, -0.05) is 20.8 Å². The van der Waals surface area contributed by atoms with Crippen LogP contribution >= 0.6 is 0 Å². The fourth-order valence-corrected chi connectivity index (χ4v) is 0.767. The molecule has 0 aromatic rings. The third-order valence-electron chi connectivity index (χ3n) is 1.54. The van der Waals surface area contributed by atoms with Gasteiger partial charge < -0.3 is 10.4 Å². The van der Waals surface area contributed by atoms with Crippen LogP contribution in [0.3, 0.4) is 0 Å². The van der Waals surface area contributed by atoms with E-state index in [0.717, 1.165) is 6.42 Å². The molecule has 0 aliphatic carbocycles. The fraction of sp³-hybridized carbons (Fsp3) is 0.889. The van der Waals surface area contributed by atoms with Crippen molar-refractivity contribution < 1.29 is 9.90 Å². The van der Waals surface area contributed by atoms with Gasteiger partial charge in [-0.15, -0.1) is 0 Å². The van der Waals surface area contributed by atoms with Crippen LogP contribution in [0.4, 0.5) is 0 Å². The molecule has 0 aromatic carbocycles. The van der Waals surface area contributed by atoms with Gasteiger partial charge >= 0.3 is 0 Å². The van der Waals surface area contributed by atoms with Gasteiger partial charge in [-0.2, -0.15) is 0 Å². The third-order valence-corrected chi connectivity index (χ3v) is 1.54. The Morgan fingerprint density at radius 2 is 2.00 bits per heavy atom. The number of carbonyl (C=O) groups is 1. The number of aliphatic hydroxyl groups is 1. The highest BCUT2D eigenvalue weighted by atomic mass is 16.3. The molecule has 3 heteroatoms. The lowest BCUT2D eigenvalue weighted by molar-refractivity contribution is -0.121. The van der Waals surface area contributed by atoms with Crippen molar-refractivity contribution in [3.05, 3.63) is 0 Å². The van der Waals surface area contributed by atoms with Gasteiger partial charge in [0.1, 0.15) is 0 Å². The predicted octanol–water partition coefficient (Wildman–Crippen LogP) is 0.921. The molecule has 0 bridgehead atoms. The molecule has 0 atom stereocenters. The van der Waals surface area contributed by atoms with Crippen molar-refractivity contribution in [1.82, 2.24) is 5.32 Å². The minimum absolute atomic E-state index is 0.0678. The summed E-state index contributed by atoms with van der Waals surface area (Å²) in [6.45, 7) is 7.02. The minimum atomic E-state index is -0.0681. The number of carbonyl (C=O) groups excluding carboxylic acids is 1. The summed E-state index contributed by atoms with van der Waals surface area (Å²) >= 11 is 0. The average Bonchev–Trinajstić information content (AvgIpc) is 1.84. The van der Waals surface area contributed by atoms with Gasteiger partial charge in [0.2, 0.25) is 5.91 Å². The van der Waals surface area contributed by atoms with E-state index < -0.39 is 0 Å². The molecule has 3 nitrogen and oxygen atoms in total. The summed E-state index contributed by atoms with van der Waals surface area (Å²) in [7, 11) is 0. The van der Waals surface area contributed by atoms with E-state index in [4.69, 9.17) is 5.11 Å². The Morgan fingerprint density at radius 3 is 2.42 bits per heavy atom. The molecule has 0 heterocycles. The van der Waals surface area contributed by atoms with Gasteiger partial charge in [-0.05, 0) is 11.8 Å². The van der Waals surface area contributed by atoms with E-state index in [9.17, 15) is 4.79 Å². The van der Waals surface area contributed by atoms with E-state index in [1.165, 1.54) is 0 Å².